The molecule has 0 aliphatic rings. The fourth-order valence-corrected chi connectivity index (χ4v) is 0.440. The van der Waals surface area contributed by atoms with Crippen LogP contribution in [0, 0.1) is 0 Å². The van der Waals surface area contributed by atoms with Crippen LogP contribution in [0.1, 0.15) is 6.92 Å². The van der Waals surface area contributed by atoms with Gasteiger partial charge in [0.1, 0.15) is 0 Å². The molecule has 0 fully saturated rings. The summed E-state index contributed by atoms with van der Waals surface area (Å²) in [5.74, 6) is -0.778. The zero-order valence-electron chi connectivity index (χ0n) is 6.92. The Balaban J connectivity index is 3.37. The molecule has 0 heterocycles. The average molecular weight is 175 g/mol. The van der Waals surface area contributed by atoms with Gasteiger partial charge in [-0.3, -0.25) is 14.4 Å². The van der Waals surface area contributed by atoms with Crippen LogP contribution >= 0.6 is 0 Å². The molecule has 0 radical (unpaired) electrons. The van der Waals surface area contributed by atoms with Crippen LogP contribution in [0.5, 0.6) is 0 Å². The van der Waals surface area contributed by atoms with Gasteiger partial charge < -0.3 is 11.1 Å². The second-order valence-electron chi connectivity index (χ2n) is 1.94. The van der Waals surface area contributed by atoms with Gasteiger partial charge in [0, 0.05) is 0 Å². The van der Waals surface area contributed by atoms with E-state index in [-0.39, 0.29) is 19.0 Å². The standard InChI is InChI=1S/C6H13N3O3/c1-2-12-9-6(11)4-8-5(10)3-7/h2-4,7H2,1H3,(H,8,10)(H,9,11). The number of nitrogens with one attached hydrogen (secondary N) is 2. The molecule has 0 rings (SSSR count). The fourth-order valence-electron chi connectivity index (χ4n) is 0.440. The first-order valence-electron chi connectivity index (χ1n) is 3.58. The Morgan fingerprint density at radius 1 is 1.42 bits per heavy atom. The predicted octanol–water partition coefficient (Wildman–Crippen LogP) is -1.87. The monoisotopic (exact) mass is 175 g/mol. The Bertz CT molecular complexity index is 160. The molecule has 0 unspecified atom stereocenters. The zero-order chi connectivity index (χ0) is 9.40. The molecule has 0 aliphatic heterocycles. The number of rotatable bonds is 5. The van der Waals surface area contributed by atoms with Crippen LogP contribution < -0.4 is 16.5 Å². The maximum absolute atomic E-state index is 10.7. The van der Waals surface area contributed by atoms with Crippen molar-refractivity contribution in [3.05, 3.63) is 0 Å². The number of carbonyl (C=O) groups is 2. The quantitative estimate of drug-likeness (QED) is 0.427. The molecule has 0 spiro atoms. The highest BCUT2D eigenvalue weighted by Gasteiger charge is 2.02. The first kappa shape index (κ1) is 10.9. The molecule has 0 bridgehead atoms. The second-order valence-corrected chi connectivity index (χ2v) is 1.94. The summed E-state index contributed by atoms with van der Waals surface area (Å²) in [5.41, 5.74) is 7.10. The first-order chi connectivity index (χ1) is 5.70. The Labute approximate surface area is 70.4 Å². The van der Waals surface area contributed by atoms with Gasteiger partial charge in [-0.25, -0.2) is 5.48 Å². The normalized spacial score (nSPS) is 9.17. The van der Waals surface area contributed by atoms with Crippen molar-refractivity contribution in [1.29, 1.82) is 0 Å². The number of hydroxylamine groups is 1. The SMILES string of the molecule is CCONC(=O)CNC(=O)CN. The van der Waals surface area contributed by atoms with E-state index in [1.54, 1.807) is 6.92 Å². The molecular formula is C6H13N3O3. The molecule has 0 aromatic rings. The zero-order valence-corrected chi connectivity index (χ0v) is 6.92. The van der Waals surface area contributed by atoms with Crippen LogP contribution in [0.3, 0.4) is 0 Å². The van der Waals surface area contributed by atoms with Gasteiger partial charge in [-0.15, -0.1) is 0 Å². The summed E-state index contributed by atoms with van der Waals surface area (Å²) in [5, 5.41) is 2.29. The Morgan fingerprint density at radius 2 is 2.08 bits per heavy atom. The van der Waals surface area contributed by atoms with Crippen molar-refractivity contribution in [2.24, 2.45) is 5.73 Å². The number of hydrogen-bond donors (Lipinski definition) is 3. The highest BCUT2D eigenvalue weighted by atomic mass is 16.6. The molecule has 0 saturated heterocycles. The topological polar surface area (TPSA) is 93.5 Å². The predicted molar refractivity (Wildman–Crippen MR) is 41.8 cm³/mol. The molecule has 0 aliphatic carbocycles. The number of amides is 2. The molecule has 6 nitrogen and oxygen atoms in total. The molecular weight excluding hydrogens is 162 g/mol. The van der Waals surface area contributed by atoms with Crippen molar-refractivity contribution in [2.45, 2.75) is 6.92 Å². The van der Waals surface area contributed by atoms with Gasteiger partial charge in [0.15, 0.2) is 0 Å². The van der Waals surface area contributed by atoms with Gasteiger partial charge in [0.25, 0.3) is 5.91 Å². The van der Waals surface area contributed by atoms with Crippen LogP contribution in [-0.4, -0.2) is 31.5 Å². The first-order valence-corrected chi connectivity index (χ1v) is 3.58. The van der Waals surface area contributed by atoms with Crippen LogP contribution in [0.25, 0.3) is 0 Å². The summed E-state index contributed by atoms with van der Waals surface area (Å²) in [6, 6.07) is 0. The molecule has 0 atom stereocenters. The maximum Gasteiger partial charge on any atom is 0.262 e. The minimum absolute atomic E-state index is 0.115. The third-order valence-corrected chi connectivity index (χ3v) is 0.962. The maximum atomic E-state index is 10.7. The summed E-state index contributed by atoms with van der Waals surface area (Å²) in [6.07, 6.45) is 0. The van der Waals surface area contributed by atoms with Crippen molar-refractivity contribution in [3.63, 3.8) is 0 Å². The Kier molecular flexibility index (Phi) is 5.94. The second kappa shape index (κ2) is 6.56. The number of carbonyl (C=O) groups excluding carboxylic acids is 2. The Hall–Kier alpha value is -1.14. The lowest BCUT2D eigenvalue weighted by Crippen LogP contribution is -2.39. The van der Waals surface area contributed by atoms with E-state index in [0.29, 0.717) is 6.61 Å². The van der Waals surface area contributed by atoms with Crippen molar-refractivity contribution >= 4 is 11.8 Å². The van der Waals surface area contributed by atoms with E-state index >= 15 is 0 Å². The average Bonchev–Trinajstić information content (AvgIpc) is 2.10. The van der Waals surface area contributed by atoms with Crippen molar-refractivity contribution < 1.29 is 14.4 Å². The van der Waals surface area contributed by atoms with Gasteiger partial charge in [-0.2, -0.15) is 0 Å². The Morgan fingerprint density at radius 3 is 2.58 bits per heavy atom. The summed E-state index contributed by atoms with van der Waals surface area (Å²) in [7, 11) is 0. The van der Waals surface area contributed by atoms with E-state index < -0.39 is 5.91 Å². The summed E-state index contributed by atoms with van der Waals surface area (Å²) in [4.78, 5) is 25.8. The van der Waals surface area contributed by atoms with Gasteiger partial charge >= 0.3 is 0 Å². The van der Waals surface area contributed by atoms with E-state index in [4.69, 9.17) is 5.73 Å². The lowest BCUT2D eigenvalue weighted by molar-refractivity contribution is -0.134. The minimum atomic E-state index is -0.404. The largest absolute Gasteiger partial charge is 0.346 e. The fraction of sp³-hybridized carbons (Fsp3) is 0.667. The molecule has 12 heavy (non-hydrogen) atoms. The van der Waals surface area contributed by atoms with Crippen LogP contribution in [-0.2, 0) is 14.4 Å². The third kappa shape index (κ3) is 5.63. The summed E-state index contributed by atoms with van der Waals surface area (Å²) >= 11 is 0. The molecule has 70 valence electrons. The molecule has 6 heteroatoms. The van der Waals surface area contributed by atoms with Gasteiger partial charge in [-0.05, 0) is 6.92 Å². The van der Waals surface area contributed by atoms with E-state index in [2.05, 4.69) is 15.6 Å². The highest BCUT2D eigenvalue weighted by Crippen LogP contribution is 1.67. The van der Waals surface area contributed by atoms with Gasteiger partial charge in [0.05, 0.1) is 19.7 Å². The third-order valence-electron chi connectivity index (χ3n) is 0.962. The molecule has 0 aromatic heterocycles. The van der Waals surface area contributed by atoms with E-state index in [1.807, 2.05) is 0 Å². The van der Waals surface area contributed by atoms with Gasteiger partial charge in [-0.1, -0.05) is 0 Å². The van der Waals surface area contributed by atoms with E-state index in [1.165, 1.54) is 0 Å². The lowest BCUT2D eigenvalue weighted by Gasteiger charge is -2.04. The van der Waals surface area contributed by atoms with Crippen molar-refractivity contribution in [3.8, 4) is 0 Å². The van der Waals surface area contributed by atoms with Gasteiger partial charge in [0.2, 0.25) is 5.91 Å². The molecule has 0 aromatic carbocycles. The molecule has 2 amide bonds. The van der Waals surface area contributed by atoms with Crippen molar-refractivity contribution in [1.82, 2.24) is 10.8 Å². The molecule has 4 N–H and O–H groups in total. The van der Waals surface area contributed by atoms with E-state index in [0.717, 1.165) is 0 Å². The minimum Gasteiger partial charge on any atom is -0.346 e. The highest BCUT2D eigenvalue weighted by molar-refractivity contribution is 5.84. The van der Waals surface area contributed by atoms with Crippen LogP contribution in [0.4, 0.5) is 0 Å². The smallest absolute Gasteiger partial charge is 0.262 e. The lowest BCUT2D eigenvalue weighted by atomic mass is 10.5. The van der Waals surface area contributed by atoms with Crippen LogP contribution in [0.15, 0.2) is 0 Å². The van der Waals surface area contributed by atoms with Crippen LogP contribution in [0.2, 0.25) is 0 Å². The summed E-state index contributed by atoms with van der Waals surface area (Å²) < 4.78 is 0. The number of hydrogen-bond acceptors (Lipinski definition) is 4. The van der Waals surface area contributed by atoms with Crippen molar-refractivity contribution in [2.75, 3.05) is 19.7 Å². The van der Waals surface area contributed by atoms with E-state index in [9.17, 15) is 9.59 Å². The summed E-state index contributed by atoms with van der Waals surface area (Å²) in [6.45, 7) is 1.88. The molecule has 0 saturated carbocycles. The number of nitrogens with two attached hydrogens (primary N) is 1.